The van der Waals surface area contributed by atoms with Gasteiger partial charge in [0.25, 0.3) is 0 Å². The first kappa shape index (κ1) is 22.1. The molecule has 0 atom stereocenters. The average Bonchev–Trinajstić information content (AvgIpc) is 3.40. The number of nitrogens with one attached hydrogen (secondary N) is 2. The summed E-state index contributed by atoms with van der Waals surface area (Å²) < 4.78 is 2.17. The Labute approximate surface area is 191 Å². The number of anilines is 1. The fourth-order valence-corrected chi connectivity index (χ4v) is 4.39. The summed E-state index contributed by atoms with van der Waals surface area (Å²) in [6, 6.07) is 7.73. The van der Waals surface area contributed by atoms with Crippen LogP contribution in [0, 0.1) is 13.8 Å². The van der Waals surface area contributed by atoms with Gasteiger partial charge >= 0.3 is 0 Å². The number of hydrogen-bond donors (Lipinski definition) is 2. The van der Waals surface area contributed by atoms with Crippen molar-refractivity contribution in [3.05, 3.63) is 65.3 Å². The smallest absolute Gasteiger partial charge is 0.211 e. The SMILES string of the molecule is Cc1cnc(C)cn1.O=CNc1ccccc1-c1cn2c(CN3CCNCC3)csc2n1. The number of rotatable bonds is 5. The standard InChI is InChI=1S/C17H19N5OS.C6H8N2/c23-12-19-15-4-2-1-3-14(15)16-10-22-13(11-24-17(22)20-16)9-21-7-5-18-6-8-21;1-5-3-8-6(2)4-7-5/h1-4,10-12,18H,5-9H2,(H,19,23);3-4H,1-2H3. The Morgan fingerprint density at radius 1 is 1.12 bits per heavy atom. The van der Waals surface area contributed by atoms with Gasteiger partial charge in [0.15, 0.2) is 4.96 Å². The van der Waals surface area contributed by atoms with Crippen LogP contribution in [0.15, 0.2) is 48.2 Å². The Kier molecular flexibility index (Phi) is 7.21. The molecule has 2 N–H and O–H groups in total. The molecule has 0 radical (unpaired) electrons. The Bertz CT molecular complexity index is 1140. The van der Waals surface area contributed by atoms with E-state index in [-0.39, 0.29) is 0 Å². The van der Waals surface area contributed by atoms with Gasteiger partial charge in [0.1, 0.15) is 0 Å². The van der Waals surface area contributed by atoms with Crippen LogP contribution in [0.3, 0.4) is 0 Å². The second kappa shape index (κ2) is 10.4. The van der Waals surface area contributed by atoms with Crippen LogP contribution in [0.25, 0.3) is 16.2 Å². The highest BCUT2D eigenvalue weighted by Gasteiger charge is 2.15. The third-order valence-electron chi connectivity index (χ3n) is 5.21. The second-order valence-corrected chi connectivity index (χ2v) is 8.48. The van der Waals surface area contributed by atoms with Crippen molar-refractivity contribution in [1.29, 1.82) is 0 Å². The molecule has 1 aliphatic rings. The summed E-state index contributed by atoms with van der Waals surface area (Å²) >= 11 is 1.66. The molecule has 1 aromatic carbocycles. The van der Waals surface area contributed by atoms with Crippen molar-refractivity contribution >= 4 is 28.4 Å². The topological polar surface area (TPSA) is 87.5 Å². The van der Waals surface area contributed by atoms with Gasteiger partial charge in [0.05, 0.1) is 17.1 Å². The first-order chi connectivity index (χ1) is 15.6. The van der Waals surface area contributed by atoms with Gasteiger partial charge in [-0.25, -0.2) is 4.98 Å². The molecule has 0 saturated carbocycles. The van der Waals surface area contributed by atoms with Gasteiger partial charge in [-0.3, -0.25) is 24.1 Å². The number of imidazole rings is 1. The monoisotopic (exact) mass is 449 g/mol. The Morgan fingerprint density at radius 2 is 1.84 bits per heavy atom. The van der Waals surface area contributed by atoms with Crippen molar-refractivity contribution < 1.29 is 4.79 Å². The van der Waals surface area contributed by atoms with Gasteiger partial charge in [-0.1, -0.05) is 18.2 Å². The van der Waals surface area contributed by atoms with E-state index >= 15 is 0 Å². The number of para-hydroxylation sites is 1. The van der Waals surface area contributed by atoms with Crippen molar-refractivity contribution in [2.75, 3.05) is 31.5 Å². The third kappa shape index (κ3) is 5.37. The molecule has 0 spiro atoms. The highest BCUT2D eigenvalue weighted by Crippen LogP contribution is 2.29. The van der Waals surface area contributed by atoms with Gasteiger partial charge in [0, 0.05) is 73.6 Å². The summed E-state index contributed by atoms with van der Waals surface area (Å²) in [6.07, 6.45) is 6.28. The number of piperazine rings is 1. The van der Waals surface area contributed by atoms with E-state index < -0.39 is 0 Å². The minimum atomic E-state index is 0.701. The van der Waals surface area contributed by atoms with Crippen molar-refractivity contribution in [2.45, 2.75) is 20.4 Å². The molecule has 0 bridgehead atoms. The summed E-state index contributed by atoms with van der Waals surface area (Å²) in [4.78, 5) is 27.0. The zero-order chi connectivity index (χ0) is 22.3. The van der Waals surface area contributed by atoms with E-state index in [0.29, 0.717) is 6.41 Å². The van der Waals surface area contributed by atoms with Gasteiger partial charge in [-0.2, -0.15) is 0 Å². The zero-order valence-electron chi connectivity index (χ0n) is 18.3. The van der Waals surface area contributed by atoms with Crippen LogP contribution in [-0.2, 0) is 11.3 Å². The molecule has 9 heteroatoms. The first-order valence-electron chi connectivity index (χ1n) is 10.6. The number of aryl methyl sites for hydroxylation is 2. The summed E-state index contributed by atoms with van der Waals surface area (Å²) in [6.45, 7) is 9.03. The lowest BCUT2D eigenvalue weighted by atomic mass is 10.1. The van der Waals surface area contributed by atoms with Gasteiger partial charge in [-0.05, 0) is 19.9 Å². The maximum atomic E-state index is 10.8. The van der Waals surface area contributed by atoms with Gasteiger partial charge < -0.3 is 10.6 Å². The first-order valence-corrected chi connectivity index (χ1v) is 11.5. The Balaban J connectivity index is 0.000000260. The average molecular weight is 450 g/mol. The lowest BCUT2D eigenvalue weighted by molar-refractivity contribution is -0.105. The minimum Gasteiger partial charge on any atom is -0.328 e. The third-order valence-corrected chi connectivity index (χ3v) is 6.09. The molecule has 32 heavy (non-hydrogen) atoms. The molecule has 5 rings (SSSR count). The van der Waals surface area contributed by atoms with Crippen LogP contribution in [0.5, 0.6) is 0 Å². The molecule has 1 saturated heterocycles. The number of thiazole rings is 1. The lowest BCUT2D eigenvalue weighted by Gasteiger charge is -2.26. The summed E-state index contributed by atoms with van der Waals surface area (Å²) in [5, 5.41) is 8.32. The highest BCUT2D eigenvalue weighted by molar-refractivity contribution is 7.15. The van der Waals surface area contributed by atoms with Crippen molar-refractivity contribution in [3.8, 4) is 11.3 Å². The van der Waals surface area contributed by atoms with Crippen LogP contribution in [0.2, 0.25) is 0 Å². The second-order valence-electron chi connectivity index (χ2n) is 7.64. The van der Waals surface area contributed by atoms with E-state index in [4.69, 9.17) is 4.98 Å². The fourth-order valence-electron chi connectivity index (χ4n) is 3.52. The molecular formula is C23H27N7OS. The van der Waals surface area contributed by atoms with E-state index in [2.05, 4.69) is 41.5 Å². The number of hydrogen-bond acceptors (Lipinski definition) is 7. The lowest BCUT2D eigenvalue weighted by Crippen LogP contribution is -2.43. The highest BCUT2D eigenvalue weighted by atomic mass is 32.1. The summed E-state index contributed by atoms with van der Waals surface area (Å²) in [5.74, 6) is 0. The largest absolute Gasteiger partial charge is 0.328 e. The Hall–Kier alpha value is -3.14. The molecule has 1 amide bonds. The van der Waals surface area contributed by atoms with Crippen LogP contribution >= 0.6 is 11.3 Å². The number of fused-ring (bicyclic) bond motifs is 1. The molecule has 8 nitrogen and oxygen atoms in total. The molecule has 1 fully saturated rings. The zero-order valence-corrected chi connectivity index (χ0v) is 19.1. The number of nitrogens with zero attached hydrogens (tertiary/aromatic N) is 5. The normalized spacial score (nSPS) is 14.1. The number of carbonyl (C=O) groups is 1. The summed E-state index contributed by atoms with van der Waals surface area (Å²) in [5.41, 5.74) is 5.80. The van der Waals surface area contributed by atoms with E-state index in [1.165, 1.54) is 5.69 Å². The molecule has 4 heterocycles. The maximum absolute atomic E-state index is 10.8. The number of amides is 1. The minimum absolute atomic E-state index is 0.701. The summed E-state index contributed by atoms with van der Waals surface area (Å²) in [7, 11) is 0. The van der Waals surface area contributed by atoms with Crippen molar-refractivity contribution in [3.63, 3.8) is 0 Å². The number of benzene rings is 1. The fraction of sp³-hybridized carbons (Fsp3) is 0.304. The molecule has 0 aliphatic carbocycles. The van der Waals surface area contributed by atoms with Gasteiger partial charge in [0.2, 0.25) is 6.41 Å². The van der Waals surface area contributed by atoms with Crippen LogP contribution < -0.4 is 10.6 Å². The van der Waals surface area contributed by atoms with E-state index in [1.54, 1.807) is 23.7 Å². The van der Waals surface area contributed by atoms with E-state index in [1.807, 2.05) is 38.1 Å². The van der Waals surface area contributed by atoms with E-state index in [9.17, 15) is 4.79 Å². The molecule has 166 valence electrons. The molecule has 3 aromatic heterocycles. The van der Waals surface area contributed by atoms with E-state index in [0.717, 1.165) is 66.0 Å². The molecule has 1 aliphatic heterocycles. The maximum Gasteiger partial charge on any atom is 0.211 e. The molecule has 0 unspecified atom stereocenters. The van der Waals surface area contributed by atoms with Crippen LogP contribution in [0.1, 0.15) is 17.1 Å². The molecule has 4 aromatic rings. The van der Waals surface area contributed by atoms with Crippen LogP contribution in [0.4, 0.5) is 5.69 Å². The number of carbonyl (C=O) groups excluding carboxylic acids is 1. The molecular weight excluding hydrogens is 422 g/mol. The van der Waals surface area contributed by atoms with Crippen molar-refractivity contribution in [1.82, 2.24) is 29.6 Å². The number of aromatic nitrogens is 4. The predicted molar refractivity (Wildman–Crippen MR) is 128 cm³/mol. The van der Waals surface area contributed by atoms with Crippen LogP contribution in [-0.4, -0.2) is 56.8 Å². The Morgan fingerprint density at radius 3 is 2.53 bits per heavy atom. The predicted octanol–water partition coefficient (Wildman–Crippen LogP) is 3.13. The van der Waals surface area contributed by atoms with Gasteiger partial charge in [-0.15, -0.1) is 11.3 Å². The van der Waals surface area contributed by atoms with Crippen molar-refractivity contribution in [2.24, 2.45) is 0 Å². The quantitative estimate of drug-likeness (QED) is 0.455.